The molecule has 0 aliphatic heterocycles. The van der Waals surface area contributed by atoms with E-state index in [0.717, 1.165) is 50.9 Å². The maximum Gasteiger partial charge on any atom is 0.308 e. The smallest absolute Gasteiger partial charge is 0.308 e. The van der Waals surface area contributed by atoms with E-state index in [0.29, 0.717) is 19.6 Å². The molecule has 0 radical (unpaired) electrons. The van der Waals surface area contributed by atoms with Gasteiger partial charge in [-0.2, -0.15) is 0 Å². The molecule has 1 rings (SSSR count). The summed E-state index contributed by atoms with van der Waals surface area (Å²) in [5, 5.41) is 0. The fourth-order valence-corrected chi connectivity index (χ4v) is 4.62. The fourth-order valence-electron chi connectivity index (χ4n) is 4.62. The number of carbonyl (C=O) groups is 2. The van der Waals surface area contributed by atoms with Gasteiger partial charge in [-0.05, 0) is 38.0 Å². The van der Waals surface area contributed by atoms with Crippen molar-refractivity contribution in [3.8, 4) is 0 Å². The molecule has 2 unspecified atom stereocenters. The van der Waals surface area contributed by atoms with Gasteiger partial charge in [-0.1, -0.05) is 104 Å². The minimum Gasteiger partial charge on any atom is -0.465 e. The predicted molar refractivity (Wildman–Crippen MR) is 133 cm³/mol. The molecule has 0 amide bonds. The molecule has 0 saturated heterocycles. The average Bonchev–Trinajstić information content (AvgIpc) is 2.79. The summed E-state index contributed by atoms with van der Waals surface area (Å²) in [6.07, 6.45) is 20.4. The van der Waals surface area contributed by atoms with Crippen molar-refractivity contribution in [2.45, 2.75) is 136 Å². The van der Waals surface area contributed by atoms with Crippen LogP contribution in [-0.2, 0) is 19.1 Å². The number of rotatable bonds is 19. The van der Waals surface area contributed by atoms with Gasteiger partial charge in [0.1, 0.15) is 0 Å². The Morgan fingerprint density at radius 3 is 1.59 bits per heavy atom. The molecular formula is C28H52O4. The molecule has 2 atom stereocenters. The summed E-state index contributed by atoms with van der Waals surface area (Å²) in [6, 6.07) is 0. The summed E-state index contributed by atoms with van der Waals surface area (Å²) in [7, 11) is 0. The average molecular weight is 453 g/mol. The van der Waals surface area contributed by atoms with Gasteiger partial charge in [0.2, 0.25) is 0 Å². The van der Waals surface area contributed by atoms with Gasteiger partial charge < -0.3 is 9.47 Å². The number of carbonyl (C=O) groups excluding carboxylic acids is 2. The van der Waals surface area contributed by atoms with Gasteiger partial charge in [-0.15, -0.1) is 0 Å². The lowest BCUT2D eigenvalue weighted by Gasteiger charge is -2.26. The quantitative estimate of drug-likeness (QED) is 0.147. The third-order valence-corrected chi connectivity index (χ3v) is 6.75. The van der Waals surface area contributed by atoms with E-state index in [1.807, 2.05) is 0 Å². The largest absolute Gasteiger partial charge is 0.465 e. The normalized spacial score (nSPS) is 18.6. The standard InChI is InChI=1S/C28H52O4/c1-4-5-6-7-8-9-10-11-12-15-21-31-27(29)25-19-17-20-26(23-25)28(30)32-22-16-13-14-18-24(2)3/h24-26H,4-23H2,1-3H3. The van der Waals surface area contributed by atoms with E-state index in [-0.39, 0.29) is 23.8 Å². The Labute approximate surface area is 198 Å². The van der Waals surface area contributed by atoms with E-state index in [4.69, 9.17) is 9.47 Å². The first-order chi connectivity index (χ1) is 15.5. The van der Waals surface area contributed by atoms with E-state index in [1.54, 1.807) is 0 Å². The van der Waals surface area contributed by atoms with Crippen molar-refractivity contribution >= 4 is 11.9 Å². The Hall–Kier alpha value is -1.06. The topological polar surface area (TPSA) is 52.6 Å². The first-order valence-electron chi connectivity index (χ1n) is 13.9. The lowest BCUT2D eigenvalue weighted by atomic mass is 9.81. The van der Waals surface area contributed by atoms with Crippen molar-refractivity contribution < 1.29 is 19.1 Å². The van der Waals surface area contributed by atoms with Crippen LogP contribution in [0, 0.1) is 17.8 Å². The molecule has 0 heterocycles. The molecule has 0 N–H and O–H groups in total. The maximum absolute atomic E-state index is 12.4. The van der Waals surface area contributed by atoms with Crippen LogP contribution < -0.4 is 0 Å². The van der Waals surface area contributed by atoms with E-state index in [9.17, 15) is 9.59 Å². The summed E-state index contributed by atoms with van der Waals surface area (Å²) < 4.78 is 11.0. The molecule has 0 spiro atoms. The van der Waals surface area contributed by atoms with Crippen LogP contribution >= 0.6 is 0 Å². The van der Waals surface area contributed by atoms with Gasteiger partial charge in [-0.3, -0.25) is 9.59 Å². The van der Waals surface area contributed by atoms with E-state index < -0.39 is 0 Å². The predicted octanol–water partition coefficient (Wildman–Crippen LogP) is 8.02. The summed E-state index contributed by atoms with van der Waals surface area (Å²) in [4.78, 5) is 24.8. The summed E-state index contributed by atoms with van der Waals surface area (Å²) in [5.74, 6) is 0.263. The van der Waals surface area contributed by atoms with Crippen LogP contribution in [0.3, 0.4) is 0 Å². The van der Waals surface area contributed by atoms with Gasteiger partial charge in [-0.25, -0.2) is 0 Å². The molecule has 188 valence electrons. The summed E-state index contributed by atoms with van der Waals surface area (Å²) in [5.41, 5.74) is 0. The van der Waals surface area contributed by atoms with Crippen molar-refractivity contribution in [2.75, 3.05) is 13.2 Å². The van der Waals surface area contributed by atoms with Crippen LogP contribution in [0.2, 0.25) is 0 Å². The van der Waals surface area contributed by atoms with Crippen LogP contribution in [0.1, 0.15) is 136 Å². The Balaban J connectivity index is 2.05. The van der Waals surface area contributed by atoms with Crippen molar-refractivity contribution in [3.05, 3.63) is 0 Å². The number of ether oxygens (including phenoxy) is 2. The van der Waals surface area contributed by atoms with Gasteiger partial charge in [0.25, 0.3) is 0 Å². The molecule has 0 bridgehead atoms. The highest BCUT2D eigenvalue weighted by Gasteiger charge is 2.32. The van der Waals surface area contributed by atoms with E-state index >= 15 is 0 Å². The lowest BCUT2D eigenvalue weighted by molar-refractivity contribution is -0.155. The summed E-state index contributed by atoms with van der Waals surface area (Å²) >= 11 is 0. The number of hydrogen-bond acceptors (Lipinski definition) is 4. The zero-order chi connectivity index (χ0) is 23.4. The second kappa shape index (κ2) is 19.4. The molecule has 1 aliphatic rings. The third-order valence-electron chi connectivity index (χ3n) is 6.75. The van der Waals surface area contributed by atoms with Crippen molar-refractivity contribution in [1.82, 2.24) is 0 Å². The molecule has 0 aromatic carbocycles. The molecule has 32 heavy (non-hydrogen) atoms. The SMILES string of the molecule is CCCCCCCCCCCCOC(=O)C1CCCC(C(=O)OCCCCCC(C)C)C1. The lowest BCUT2D eigenvalue weighted by Crippen LogP contribution is -2.30. The number of hydrogen-bond donors (Lipinski definition) is 0. The van der Waals surface area contributed by atoms with Gasteiger partial charge in [0.05, 0.1) is 25.0 Å². The van der Waals surface area contributed by atoms with Gasteiger partial charge in [0, 0.05) is 0 Å². The van der Waals surface area contributed by atoms with Crippen molar-refractivity contribution in [3.63, 3.8) is 0 Å². The Bertz CT molecular complexity index is 474. The van der Waals surface area contributed by atoms with Crippen molar-refractivity contribution in [1.29, 1.82) is 0 Å². The van der Waals surface area contributed by atoms with Crippen LogP contribution in [-0.4, -0.2) is 25.2 Å². The minimum atomic E-state index is -0.130. The third kappa shape index (κ3) is 14.9. The monoisotopic (exact) mass is 452 g/mol. The second-order valence-corrected chi connectivity index (χ2v) is 10.3. The molecule has 1 fully saturated rings. The highest BCUT2D eigenvalue weighted by molar-refractivity contribution is 5.76. The van der Waals surface area contributed by atoms with Crippen LogP contribution in [0.25, 0.3) is 0 Å². The first kappa shape index (κ1) is 29.0. The molecule has 4 heteroatoms. The fraction of sp³-hybridized carbons (Fsp3) is 0.929. The molecular weight excluding hydrogens is 400 g/mol. The van der Waals surface area contributed by atoms with Crippen molar-refractivity contribution in [2.24, 2.45) is 17.8 Å². The summed E-state index contributed by atoms with van der Waals surface area (Å²) in [6.45, 7) is 7.77. The molecule has 1 aliphatic carbocycles. The first-order valence-corrected chi connectivity index (χ1v) is 13.9. The van der Waals surface area contributed by atoms with Crippen LogP contribution in [0.5, 0.6) is 0 Å². The molecule has 4 nitrogen and oxygen atoms in total. The Morgan fingerprint density at radius 1 is 0.688 bits per heavy atom. The highest BCUT2D eigenvalue weighted by atomic mass is 16.5. The van der Waals surface area contributed by atoms with Gasteiger partial charge >= 0.3 is 11.9 Å². The Kier molecular flexibility index (Phi) is 17.6. The molecule has 0 aromatic heterocycles. The minimum absolute atomic E-state index is 0.105. The van der Waals surface area contributed by atoms with Crippen LogP contribution in [0.4, 0.5) is 0 Å². The van der Waals surface area contributed by atoms with Gasteiger partial charge in [0.15, 0.2) is 0 Å². The molecule has 0 aromatic rings. The number of unbranched alkanes of at least 4 members (excludes halogenated alkanes) is 11. The molecule has 1 saturated carbocycles. The van der Waals surface area contributed by atoms with E-state index in [1.165, 1.54) is 64.2 Å². The highest BCUT2D eigenvalue weighted by Crippen LogP contribution is 2.31. The zero-order valence-corrected chi connectivity index (χ0v) is 21.5. The maximum atomic E-state index is 12.4. The zero-order valence-electron chi connectivity index (χ0n) is 21.5. The Morgan fingerprint density at radius 2 is 1.12 bits per heavy atom. The van der Waals surface area contributed by atoms with E-state index in [2.05, 4.69) is 20.8 Å². The second-order valence-electron chi connectivity index (χ2n) is 10.3. The number of esters is 2. The van der Waals surface area contributed by atoms with Crippen LogP contribution in [0.15, 0.2) is 0 Å².